The Hall–Kier alpha value is -2.51. The summed E-state index contributed by atoms with van der Waals surface area (Å²) in [7, 11) is 1.61. The summed E-state index contributed by atoms with van der Waals surface area (Å²) in [5.41, 5.74) is 2.23. The van der Waals surface area contributed by atoms with E-state index in [-0.39, 0.29) is 5.91 Å². The van der Waals surface area contributed by atoms with E-state index in [4.69, 9.17) is 4.74 Å². The van der Waals surface area contributed by atoms with Crippen LogP contribution in [0.15, 0.2) is 42.0 Å². The number of benzene rings is 1. The lowest BCUT2D eigenvalue weighted by Crippen LogP contribution is -2.28. The maximum atomic E-state index is 11.8. The molecular formula is C18H20N4O2S. The molecule has 2 N–H and O–H groups in total. The third-order valence-electron chi connectivity index (χ3n) is 3.73. The molecule has 1 amide bonds. The molecular weight excluding hydrogens is 336 g/mol. The van der Waals surface area contributed by atoms with E-state index in [1.54, 1.807) is 24.8 Å². The Bertz CT molecular complexity index is 835. The summed E-state index contributed by atoms with van der Waals surface area (Å²) in [6.07, 6.45) is 1.93. The third kappa shape index (κ3) is 4.32. The van der Waals surface area contributed by atoms with Crippen LogP contribution in [0.2, 0.25) is 0 Å². The zero-order chi connectivity index (χ0) is 17.5. The Kier molecular flexibility index (Phi) is 5.92. The second-order valence-corrected chi connectivity index (χ2v) is 6.30. The Morgan fingerprint density at radius 1 is 1.20 bits per heavy atom. The normalized spacial score (nSPS) is 10.8. The minimum absolute atomic E-state index is 0.0107. The Morgan fingerprint density at radius 2 is 2.04 bits per heavy atom. The van der Waals surface area contributed by atoms with E-state index in [0.717, 1.165) is 27.2 Å². The summed E-state index contributed by atoms with van der Waals surface area (Å²) in [6, 6.07) is 10.2. The topological polar surface area (TPSA) is 76.1 Å². The van der Waals surface area contributed by atoms with Crippen LogP contribution in [0.5, 0.6) is 0 Å². The number of carbonyl (C=O) groups is 1. The molecule has 130 valence electrons. The van der Waals surface area contributed by atoms with E-state index in [1.165, 1.54) is 0 Å². The number of fused-ring (bicyclic) bond motifs is 1. The molecule has 3 rings (SSSR count). The maximum Gasteiger partial charge on any atom is 0.221 e. The highest BCUT2D eigenvalue weighted by Crippen LogP contribution is 2.36. The molecule has 0 saturated carbocycles. The molecule has 7 heteroatoms. The molecule has 0 saturated heterocycles. The van der Waals surface area contributed by atoms with Gasteiger partial charge in [-0.15, -0.1) is 11.3 Å². The van der Waals surface area contributed by atoms with E-state index in [9.17, 15) is 4.79 Å². The molecule has 0 aliphatic heterocycles. The molecule has 0 fully saturated rings. The van der Waals surface area contributed by atoms with Crippen LogP contribution in [0.25, 0.3) is 21.3 Å². The number of anilines is 1. The Labute approximate surface area is 150 Å². The first-order valence-electron chi connectivity index (χ1n) is 8.06. The fourth-order valence-corrected chi connectivity index (χ4v) is 3.43. The van der Waals surface area contributed by atoms with Crippen molar-refractivity contribution in [2.45, 2.75) is 6.42 Å². The van der Waals surface area contributed by atoms with Crippen molar-refractivity contribution in [2.75, 3.05) is 32.1 Å². The highest BCUT2D eigenvalue weighted by atomic mass is 32.1. The molecule has 2 heterocycles. The van der Waals surface area contributed by atoms with Gasteiger partial charge < -0.3 is 15.4 Å². The molecule has 1 aromatic carbocycles. The van der Waals surface area contributed by atoms with Gasteiger partial charge in [-0.25, -0.2) is 9.97 Å². The van der Waals surface area contributed by atoms with E-state index >= 15 is 0 Å². The summed E-state index contributed by atoms with van der Waals surface area (Å²) in [6.45, 7) is 1.55. The van der Waals surface area contributed by atoms with Crippen LogP contribution >= 0.6 is 11.3 Å². The van der Waals surface area contributed by atoms with Crippen LogP contribution in [-0.2, 0) is 9.53 Å². The molecule has 0 spiro atoms. The lowest BCUT2D eigenvalue weighted by atomic mass is 10.1. The van der Waals surface area contributed by atoms with Crippen molar-refractivity contribution in [1.82, 2.24) is 15.3 Å². The first-order valence-corrected chi connectivity index (χ1v) is 8.94. The van der Waals surface area contributed by atoms with Crippen LogP contribution in [0.3, 0.4) is 0 Å². The van der Waals surface area contributed by atoms with Crippen molar-refractivity contribution < 1.29 is 9.53 Å². The quantitative estimate of drug-likeness (QED) is 0.607. The average Bonchev–Trinajstić information content (AvgIpc) is 3.08. The first kappa shape index (κ1) is 17.3. The van der Waals surface area contributed by atoms with Gasteiger partial charge in [0.05, 0.1) is 12.0 Å². The van der Waals surface area contributed by atoms with Gasteiger partial charge in [0.15, 0.2) is 0 Å². The lowest BCUT2D eigenvalue weighted by Gasteiger charge is -2.09. The van der Waals surface area contributed by atoms with Crippen molar-refractivity contribution in [3.05, 3.63) is 42.0 Å². The molecule has 0 atom stereocenters. The van der Waals surface area contributed by atoms with E-state index < -0.39 is 0 Å². The van der Waals surface area contributed by atoms with Crippen molar-refractivity contribution in [3.63, 3.8) is 0 Å². The second-order valence-electron chi connectivity index (χ2n) is 5.44. The van der Waals surface area contributed by atoms with Crippen molar-refractivity contribution in [3.8, 4) is 11.1 Å². The van der Waals surface area contributed by atoms with Gasteiger partial charge in [-0.3, -0.25) is 4.79 Å². The van der Waals surface area contributed by atoms with Gasteiger partial charge in [-0.2, -0.15) is 0 Å². The van der Waals surface area contributed by atoms with Gasteiger partial charge in [0, 0.05) is 37.6 Å². The van der Waals surface area contributed by atoms with Crippen LogP contribution in [0.1, 0.15) is 6.42 Å². The van der Waals surface area contributed by atoms with Crippen LogP contribution in [0.4, 0.5) is 5.82 Å². The zero-order valence-corrected chi connectivity index (χ0v) is 14.8. The highest BCUT2D eigenvalue weighted by Gasteiger charge is 2.13. The van der Waals surface area contributed by atoms with E-state index in [0.29, 0.717) is 26.1 Å². The van der Waals surface area contributed by atoms with Crippen molar-refractivity contribution >= 4 is 33.3 Å². The lowest BCUT2D eigenvalue weighted by molar-refractivity contribution is -0.121. The minimum Gasteiger partial charge on any atom is -0.383 e. The Balaban J connectivity index is 1.72. The van der Waals surface area contributed by atoms with Gasteiger partial charge in [-0.1, -0.05) is 30.3 Å². The number of hydrogen-bond donors (Lipinski definition) is 2. The van der Waals surface area contributed by atoms with Crippen molar-refractivity contribution in [1.29, 1.82) is 0 Å². The summed E-state index contributed by atoms with van der Waals surface area (Å²) < 4.78 is 4.91. The van der Waals surface area contributed by atoms with Gasteiger partial charge in [-0.05, 0) is 5.56 Å². The van der Waals surface area contributed by atoms with Crippen molar-refractivity contribution in [2.24, 2.45) is 0 Å². The molecule has 0 radical (unpaired) electrons. The number of thiophene rings is 1. The summed E-state index contributed by atoms with van der Waals surface area (Å²) >= 11 is 1.59. The van der Waals surface area contributed by atoms with Crippen LogP contribution in [-0.4, -0.2) is 42.7 Å². The second kappa shape index (κ2) is 8.55. The average molecular weight is 356 g/mol. The largest absolute Gasteiger partial charge is 0.383 e. The fourth-order valence-electron chi connectivity index (χ4n) is 2.51. The molecule has 0 bridgehead atoms. The number of hydrogen-bond acceptors (Lipinski definition) is 6. The number of amides is 1. The smallest absolute Gasteiger partial charge is 0.221 e. The first-order chi connectivity index (χ1) is 12.3. The van der Waals surface area contributed by atoms with Crippen LogP contribution < -0.4 is 10.6 Å². The number of aromatic nitrogens is 2. The standard InChI is InChI=1S/C18H20N4O2S/c1-24-10-9-19-15(23)7-8-20-17-16-14(13-5-3-2-4-6-13)11-25-18(16)22-12-21-17/h2-6,11-12H,7-10H2,1H3,(H,19,23)(H,20,21,22). The number of rotatable bonds is 8. The highest BCUT2D eigenvalue weighted by molar-refractivity contribution is 7.17. The van der Waals surface area contributed by atoms with Gasteiger partial charge in [0.25, 0.3) is 0 Å². The molecule has 0 aliphatic carbocycles. The monoisotopic (exact) mass is 356 g/mol. The number of carbonyl (C=O) groups excluding carboxylic acids is 1. The fraction of sp³-hybridized carbons (Fsp3) is 0.278. The van der Waals surface area contributed by atoms with E-state index in [1.807, 2.05) is 18.2 Å². The minimum atomic E-state index is -0.0107. The zero-order valence-electron chi connectivity index (χ0n) is 14.0. The number of ether oxygens (including phenoxy) is 1. The molecule has 6 nitrogen and oxygen atoms in total. The predicted octanol–water partition coefficient (Wildman–Crippen LogP) is 2.92. The summed E-state index contributed by atoms with van der Waals surface area (Å²) in [5.74, 6) is 0.748. The van der Waals surface area contributed by atoms with Crippen LogP contribution in [0, 0.1) is 0 Å². The van der Waals surface area contributed by atoms with Gasteiger partial charge in [0.2, 0.25) is 5.91 Å². The Morgan fingerprint density at radius 3 is 2.84 bits per heavy atom. The van der Waals surface area contributed by atoms with Gasteiger partial charge in [0.1, 0.15) is 17.0 Å². The molecule has 2 aromatic heterocycles. The predicted molar refractivity (Wildman–Crippen MR) is 101 cm³/mol. The number of nitrogens with zero attached hydrogens (tertiary/aromatic N) is 2. The SMILES string of the molecule is COCCNC(=O)CCNc1ncnc2scc(-c3ccccc3)c12. The molecule has 0 unspecified atom stereocenters. The molecule has 0 aliphatic rings. The third-order valence-corrected chi connectivity index (χ3v) is 4.61. The van der Waals surface area contributed by atoms with Gasteiger partial charge >= 0.3 is 0 Å². The van der Waals surface area contributed by atoms with E-state index in [2.05, 4.69) is 38.1 Å². The maximum absolute atomic E-state index is 11.8. The number of methoxy groups -OCH3 is 1. The molecule has 3 aromatic rings. The summed E-state index contributed by atoms with van der Waals surface area (Å²) in [4.78, 5) is 21.4. The molecule has 25 heavy (non-hydrogen) atoms. The summed E-state index contributed by atoms with van der Waals surface area (Å²) in [5, 5.41) is 9.17. The number of nitrogens with one attached hydrogen (secondary N) is 2.